The van der Waals surface area contributed by atoms with Gasteiger partial charge in [0, 0.05) is 19.1 Å². The molecule has 3 heteroatoms. The standard InChI is InChI=1S/C16H33N3/c1-18-11-5-9-16(18)14-19(12-6-10-17)13-15-7-3-2-4-8-15/h15-16H,2-14,17H2,1H3. The van der Waals surface area contributed by atoms with Crippen molar-refractivity contribution in [3.8, 4) is 0 Å². The fraction of sp³-hybridized carbons (Fsp3) is 1.00. The Balaban J connectivity index is 1.79. The smallest absolute Gasteiger partial charge is 0.0220 e. The third-order valence-electron chi connectivity index (χ3n) is 5.06. The summed E-state index contributed by atoms with van der Waals surface area (Å²) in [5.74, 6) is 0.957. The summed E-state index contributed by atoms with van der Waals surface area (Å²) in [5.41, 5.74) is 5.71. The van der Waals surface area contributed by atoms with Crippen molar-refractivity contribution in [2.45, 2.75) is 57.4 Å². The maximum atomic E-state index is 5.71. The number of hydrogen-bond donors (Lipinski definition) is 1. The lowest BCUT2D eigenvalue weighted by Crippen LogP contribution is -2.41. The molecule has 1 unspecified atom stereocenters. The van der Waals surface area contributed by atoms with Crippen molar-refractivity contribution in [1.82, 2.24) is 9.80 Å². The Morgan fingerprint density at radius 3 is 2.47 bits per heavy atom. The third-order valence-corrected chi connectivity index (χ3v) is 5.06. The van der Waals surface area contributed by atoms with E-state index in [1.807, 2.05) is 0 Å². The van der Waals surface area contributed by atoms with Crippen LogP contribution in [0.2, 0.25) is 0 Å². The first-order valence-corrected chi connectivity index (χ1v) is 8.42. The van der Waals surface area contributed by atoms with Gasteiger partial charge in [-0.1, -0.05) is 19.3 Å². The molecule has 2 rings (SSSR count). The molecular weight excluding hydrogens is 234 g/mol. The van der Waals surface area contributed by atoms with Crippen LogP contribution in [0.25, 0.3) is 0 Å². The summed E-state index contributed by atoms with van der Waals surface area (Å²) >= 11 is 0. The molecule has 0 spiro atoms. The number of hydrogen-bond acceptors (Lipinski definition) is 3. The number of rotatable bonds is 7. The zero-order valence-electron chi connectivity index (χ0n) is 12.8. The minimum atomic E-state index is 0.793. The highest BCUT2D eigenvalue weighted by Crippen LogP contribution is 2.25. The molecule has 112 valence electrons. The number of likely N-dealkylation sites (tertiary alicyclic amines) is 1. The van der Waals surface area contributed by atoms with Crippen LogP contribution in [-0.2, 0) is 0 Å². The van der Waals surface area contributed by atoms with E-state index >= 15 is 0 Å². The molecule has 2 aliphatic rings. The summed E-state index contributed by atoms with van der Waals surface area (Å²) in [6.07, 6.45) is 11.2. The minimum Gasteiger partial charge on any atom is -0.330 e. The summed E-state index contributed by atoms with van der Waals surface area (Å²) < 4.78 is 0. The fourth-order valence-corrected chi connectivity index (χ4v) is 3.81. The first-order chi connectivity index (χ1) is 9.29. The highest BCUT2D eigenvalue weighted by Gasteiger charge is 2.24. The van der Waals surface area contributed by atoms with Gasteiger partial charge in [0.05, 0.1) is 0 Å². The van der Waals surface area contributed by atoms with Crippen LogP contribution in [-0.4, -0.2) is 55.6 Å². The maximum Gasteiger partial charge on any atom is 0.0220 e. The molecule has 0 amide bonds. The lowest BCUT2D eigenvalue weighted by atomic mass is 9.89. The predicted molar refractivity (Wildman–Crippen MR) is 82.3 cm³/mol. The molecule has 0 aromatic heterocycles. The Morgan fingerprint density at radius 2 is 1.84 bits per heavy atom. The van der Waals surface area contributed by atoms with Crippen molar-refractivity contribution in [3.05, 3.63) is 0 Å². The second-order valence-electron chi connectivity index (χ2n) is 6.68. The third kappa shape index (κ3) is 5.05. The molecule has 1 aliphatic carbocycles. The number of nitrogens with zero attached hydrogens (tertiary/aromatic N) is 2. The molecule has 1 heterocycles. The van der Waals surface area contributed by atoms with Gasteiger partial charge < -0.3 is 15.5 Å². The largest absolute Gasteiger partial charge is 0.330 e. The lowest BCUT2D eigenvalue weighted by molar-refractivity contribution is 0.156. The fourth-order valence-electron chi connectivity index (χ4n) is 3.81. The Labute approximate surface area is 119 Å². The molecule has 1 saturated carbocycles. The van der Waals surface area contributed by atoms with Crippen molar-refractivity contribution >= 4 is 0 Å². The Hall–Kier alpha value is -0.120. The van der Waals surface area contributed by atoms with Crippen molar-refractivity contribution in [2.24, 2.45) is 11.7 Å². The molecule has 19 heavy (non-hydrogen) atoms. The van der Waals surface area contributed by atoms with E-state index in [-0.39, 0.29) is 0 Å². The molecule has 0 aromatic rings. The van der Waals surface area contributed by atoms with Crippen LogP contribution in [0.3, 0.4) is 0 Å². The van der Waals surface area contributed by atoms with Gasteiger partial charge in [-0.25, -0.2) is 0 Å². The molecule has 3 nitrogen and oxygen atoms in total. The van der Waals surface area contributed by atoms with E-state index in [1.165, 1.54) is 71.1 Å². The van der Waals surface area contributed by atoms with Crippen LogP contribution >= 0.6 is 0 Å². The van der Waals surface area contributed by atoms with Gasteiger partial charge in [-0.05, 0) is 64.7 Å². The van der Waals surface area contributed by atoms with E-state index in [0.717, 1.165) is 24.9 Å². The van der Waals surface area contributed by atoms with E-state index in [2.05, 4.69) is 16.8 Å². The summed E-state index contributed by atoms with van der Waals surface area (Å²) in [6.45, 7) is 5.93. The molecule has 0 bridgehead atoms. The van der Waals surface area contributed by atoms with Gasteiger partial charge in [0.25, 0.3) is 0 Å². The maximum absolute atomic E-state index is 5.71. The summed E-state index contributed by atoms with van der Waals surface area (Å²) in [6, 6.07) is 0.793. The van der Waals surface area contributed by atoms with Gasteiger partial charge in [0.1, 0.15) is 0 Å². The SMILES string of the molecule is CN1CCCC1CN(CCCN)CC1CCCCC1. The molecule has 1 atom stereocenters. The second kappa shape index (κ2) is 8.23. The van der Waals surface area contributed by atoms with E-state index in [1.54, 1.807) is 0 Å². The van der Waals surface area contributed by atoms with Gasteiger partial charge in [-0.15, -0.1) is 0 Å². The predicted octanol–water partition coefficient (Wildman–Crippen LogP) is 2.31. The molecule has 0 radical (unpaired) electrons. The van der Waals surface area contributed by atoms with E-state index in [0.29, 0.717) is 0 Å². The van der Waals surface area contributed by atoms with Gasteiger partial charge in [-0.3, -0.25) is 0 Å². The summed E-state index contributed by atoms with van der Waals surface area (Å²) in [5, 5.41) is 0. The van der Waals surface area contributed by atoms with Crippen molar-refractivity contribution in [3.63, 3.8) is 0 Å². The Morgan fingerprint density at radius 1 is 1.05 bits per heavy atom. The van der Waals surface area contributed by atoms with Gasteiger partial charge in [-0.2, -0.15) is 0 Å². The summed E-state index contributed by atoms with van der Waals surface area (Å²) in [7, 11) is 2.29. The van der Waals surface area contributed by atoms with Crippen LogP contribution in [0, 0.1) is 5.92 Å². The highest BCUT2D eigenvalue weighted by molar-refractivity contribution is 4.81. The second-order valence-corrected chi connectivity index (χ2v) is 6.68. The molecule has 2 N–H and O–H groups in total. The van der Waals surface area contributed by atoms with Crippen LogP contribution in [0.4, 0.5) is 0 Å². The van der Waals surface area contributed by atoms with E-state index < -0.39 is 0 Å². The zero-order chi connectivity index (χ0) is 13.5. The molecular formula is C16H33N3. The van der Waals surface area contributed by atoms with Crippen LogP contribution in [0.1, 0.15) is 51.4 Å². The van der Waals surface area contributed by atoms with Crippen LogP contribution in [0.15, 0.2) is 0 Å². The molecule has 1 saturated heterocycles. The number of nitrogens with two attached hydrogens (primary N) is 1. The highest BCUT2D eigenvalue weighted by atomic mass is 15.2. The topological polar surface area (TPSA) is 32.5 Å². The van der Waals surface area contributed by atoms with Crippen molar-refractivity contribution < 1.29 is 0 Å². The number of likely N-dealkylation sites (N-methyl/N-ethyl adjacent to an activating group) is 1. The van der Waals surface area contributed by atoms with E-state index in [4.69, 9.17) is 5.73 Å². The first-order valence-electron chi connectivity index (χ1n) is 8.42. The van der Waals surface area contributed by atoms with Gasteiger partial charge in [0.2, 0.25) is 0 Å². The normalized spacial score (nSPS) is 26.4. The lowest BCUT2D eigenvalue weighted by Gasteiger charge is -2.33. The Bertz CT molecular complexity index is 238. The quantitative estimate of drug-likeness (QED) is 0.768. The van der Waals surface area contributed by atoms with E-state index in [9.17, 15) is 0 Å². The molecule has 2 fully saturated rings. The van der Waals surface area contributed by atoms with Gasteiger partial charge >= 0.3 is 0 Å². The van der Waals surface area contributed by atoms with Gasteiger partial charge in [0.15, 0.2) is 0 Å². The van der Waals surface area contributed by atoms with Crippen LogP contribution in [0.5, 0.6) is 0 Å². The monoisotopic (exact) mass is 267 g/mol. The average Bonchev–Trinajstić information content (AvgIpc) is 2.83. The first kappa shape index (κ1) is 15.3. The Kier molecular flexibility index (Phi) is 6.62. The zero-order valence-corrected chi connectivity index (χ0v) is 12.8. The van der Waals surface area contributed by atoms with Crippen molar-refractivity contribution in [1.29, 1.82) is 0 Å². The minimum absolute atomic E-state index is 0.793. The average molecular weight is 267 g/mol. The van der Waals surface area contributed by atoms with Crippen molar-refractivity contribution in [2.75, 3.05) is 39.8 Å². The molecule has 0 aromatic carbocycles. The molecule has 1 aliphatic heterocycles. The summed E-state index contributed by atoms with van der Waals surface area (Å²) in [4.78, 5) is 5.27. The van der Waals surface area contributed by atoms with Crippen LogP contribution < -0.4 is 5.73 Å².